The first-order valence-electron chi connectivity index (χ1n) is 13.9. The second-order valence-electron chi connectivity index (χ2n) is 11.2. The van der Waals surface area contributed by atoms with Crippen LogP contribution in [0.4, 0.5) is 0 Å². The van der Waals surface area contributed by atoms with Gasteiger partial charge in [-0.2, -0.15) is 5.26 Å². The highest BCUT2D eigenvalue weighted by Crippen LogP contribution is 2.42. The average molecular weight is 522 g/mol. The number of aryl methyl sites for hydroxylation is 3. The van der Waals surface area contributed by atoms with E-state index < -0.39 is 0 Å². The van der Waals surface area contributed by atoms with E-state index in [9.17, 15) is 5.26 Å². The fourth-order valence-corrected chi connectivity index (χ4v) is 5.94. The number of aromatic nitrogens is 1. The number of hydrogen-bond donors (Lipinski definition) is 0. The van der Waals surface area contributed by atoms with Crippen molar-refractivity contribution in [3.63, 3.8) is 0 Å². The van der Waals surface area contributed by atoms with Crippen molar-refractivity contribution in [2.45, 2.75) is 34.1 Å². The summed E-state index contributed by atoms with van der Waals surface area (Å²) in [7, 11) is 2.09. The fourth-order valence-electron chi connectivity index (χ4n) is 5.94. The van der Waals surface area contributed by atoms with Crippen LogP contribution in [0.15, 0.2) is 95.5 Å². The molecule has 3 nitrogen and oxygen atoms in total. The minimum atomic E-state index is 0.589. The Labute approximate surface area is 236 Å². The van der Waals surface area contributed by atoms with Gasteiger partial charge in [-0.25, -0.2) is 4.57 Å². The largest absolute Gasteiger partial charge is 0.454 e. The van der Waals surface area contributed by atoms with Crippen LogP contribution in [0.1, 0.15) is 36.1 Å². The molecule has 40 heavy (non-hydrogen) atoms. The summed E-state index contributed by atoms with van der Waals surface area (Å²) in [6.45, 7) is 8.75. The molecule has 0 aliphatic rings. The van der Waals surface area contributed by atoms with Gasteiger partial charge in [0.2, 0.25) is 5.69 Å². The normalized spacial score (nSPS) is 11.4. The second kappa shape index (κ2) is 10.1. The van der Waals surface area contributed by atoms with E-state index in [0.717, 1.165) is 56.3 Å². The van der Waals surface area contributed by atoms with Gasteiger partial charge < -0.3 is 4.42 Å². The molecule has 3 heteroatoms. The average Bonchev–Trinajstić information content (AvgIpc) is 3.32. The van der Waals surface area contributed by atoms with Crippen molar-refractivity contribution in [2.24, 2.45) is 13.0 Å². The van der Waals surface area contributed by atoms with Crippen molar-refractivity contribution in [3.05, 3.63) is 113 Å². The molecular weight excluding hydrogens is 488 g/mol. The van der Waals surface area contributed by atoms with Gasteiger partial charge in [-0.15, -0.1) is 0 Å². The molecule has 6 rings (SSSR count). The lowest BCUT2D eigenvalue weighted by atomic mass is 9.94. The summed E-state index contributed by atoms with van der Waals surface area (Å²) in [6, 6.07) is 32.1. The van der Waals surface area contributed by atoms with Gasteiger partial charge in [0.25, 0.3) is 0 Å². The highest BCUT2D eigenvalue weighted by atomic mass is 16.3. The van der Waals surface area contributed by atoms with Gasteiger partial charge in [-0.1, -0.05) is 80.6 Å². The van der Waals surface area contributed by atoms with Gasteiger partial charge in [0.15, 0.2) is 6.20 Å². The van der Waals surface area contributed by atoms with Gasteiger partial charge in [0, 0.05) is 28.0 Å². The van der Waals surface area contributed by atoms with Crippen molar-refractivity contribution in [2.75, 3.05) is 0 Å². The van der Waals surface area contributed by atoms with Gasteiger partial charge in [0.05, 0.1) is 17.2 Å². The Bertz CT molecular complexity index is 1920. The van der Waals surface area contributed by atoms with E-state index in [1.54, 1.807) is 0 Å². The number of nitrogens with zero attached hydrogens (tertiary/aromatic N) is 2. The predicted molar refractivity (Wildman–Crippen MR) is 164 cm³/mol. The molecule has 2 aromatic heterocycles. The number of furan rings is 1. The summed E-state index contributed by atoms with van der Waals surface area (Å²) in [6.07, 6.45) is 3.22. The van der Waals surface area contributed by atoms with Crippen LogP contribution < -0.4 is 4.57 Å². The maximum absolute atomic E-state index is 10.1. The van der Waals surface area contributed by atoms with Crippen LogP contribution >= 0.6 is 0 Å². The molecule has 4 aromatic carbocycles. The quantitative estimate of drug-likeness (QED) is 0.212. The van der Waals surface area contributed by atoms with Gasteiger partial charge in [-0.3, -0.25) is 0 Å². The number of fused-ring (bicyclic) bond motifs is 3. The monoisotopic (exact) mass is 521 g/mol. The molecule has 0 N–H and O–H groups in total. The summed E-state index contributed by atoms with van der Waals surface area (Å²) < 4.78 is 8.99. The lowest BCUT2D eigenvalue weighted by molar-refractivity contribution is -0.660. The van der Waals surface area contributed by atoms with Crippen molar-refractivity contribution in [1.82, 2.24) is 0 Å². The van der Waals surface area contributed by atoms with E-state index in [1.165, 1.54) is 22.3 Å². The van der Waals surface area contributed by atoms with Crippen LogP contribution in [0, 0.1) is 31.1 Å². The topological polar surface area (TPSA) is 40.8 Å². The summed E-state index contributed by atoms with van der Waals surface area (Å²) in [5.41, 5.74) is 12.3. The highest BCUT2D eigenvalue weighted by Gasteiger charge is 2.24. The minimum absolute atomic E-state index is 0.589. The SMILES string of the molecule is Cc1c[n+](C)c(-c2c(C)ccc3c2oc2c(-c4ccc(CC(C)C)cc4)c(C#N)ccc23)cc1-c1ccccc1. The molecule has 0 bridgehead atoms. The van der Waals surface area contributed by atoms with Crippen LogP contribution in [0.3, 0.4) is 0 Å². The third-order valence-electron chi connectivity index (χ3n) is 7.84. The summed E-state index contributed by atoms with van der Waals surface area (Å²) >= 11 is 0. The maximum Gasteiger partial charge on any atom is 0.216 e. The van der Waals surface area contributed by atoms with Crippen LogP contribution in [-0.4, -0.2) is 0 Å². The summed E-state index contributed by atoms with van der Waals surface area (Å²) in [5.74, 6) is 0.589. The Hall–Kier alpha value is -4.68. The summed E-state index contributed by atoms with van der Waals surface area (Å²) in [4.78, 5) is 0. The molecular formula is C37H33N2O+. The lowest BCUT2D eigenvalue weighted by Crippen LogP contribution is -2.31. The van der Waals surface area contributed by atoms with Crippen LogP contribution in [0.2, 0.25) is 0 Å². The molecule has 0 aliphatic heterocycles. The van der Waals surface area contributed by atoms with E-state index in [-0.39, 0.29) is 0 Å². The maximum atomic E-state index is 10.1. The number of benzene rings is 4. The van der Waals surface area contributed by atoms with E-state index in [0.29, 0.717) is 11.5 Å². The predicted octanol–water partition coefficient (Wildman–Crippen LogP) is 9.10. The van der Waals surface area contributed by atoms with E-state index in [1.807, 2.05) is 18.2 Å². The zero-order valence-corrected chi connectivity index (χ0v) is 23.7. The van der Waals surface area contributed by atoms with Crippen LogP contribution in [0.25, 0.3) is 55.4 Å². The molecule has 6 aromatic rings. The number of rotatable bonds is 5. The molecule has 0 radical (unpaired) electrons. The Morgan fingerprint density at radius 2 is 1.45 bits per heavy atom. The first kappa shape index (κ1) is 25.6. The Morgan fingerprint density at radius 1 is 0.775 bits per heavy atom. The molecule has 0 fully saturated rings. The van der Waals surface area contributed by atoms with E-state index >= 15 is 0 Å². The van der Waals surface area contributed by atoms with Crippen LogP contribution in [-0.2, 0) is 13.5 Å². The third-order valence-corrected chi connectivity index (χ3v) is 7.84. The number of hydrogen-bond acceptors (Lipinski definition) is 2. The molecule has 0 unspecified atom stereocenters. The van der Waals surface area contributed by atoms with Crippen molar-refractivity contribution >= 4 is 21.9 Å². The van der Waals surface area contributed by atoms with Gasteiger partial charge >= 0.3 is 0 Å². The van der Waals surface area contributed by atoms with Crippen molar-refractivity contribution < 1.29 is 8.98 Å². The molecule has 0 atom stereocenters. The highest BCUT2D eigenvalue weighted by molar-refractivity contribution is 6.14. The van der Waals surface area contributed by atoms with Crippen LogP contribution in [0.5, 0.6) is 0 Å². The molecule has 0 amide bonds. The molecule has 196 valence electrons. The van der Waals surface area contributed by atoms with Gasteiger partial charge in [0.1, 0.15) is 18.2 Å². The Kier molecular flexibility index (Phi) is 6.48. The first-order valence-corrected chi connectivity index (χ1v) is 13.9. The van der Waals surface area contributed by atoms with Crippen molar-refractivity contribution in [3.8, 4) is 39.6 Å². The number of nitriles is 1. The number of pyridine rings is 1. The molecule has 0 spiro atoms. The van der Waals surface area contributed by atoms with E-state index in [4.69, 9.17) is 4.42 Å². The standard InChI is InChI=1S/C37H33N2O/c1-23(2)19-26-12-14-28(15-13-26)35-29(21-38)16-18-31-30-17-11-24(3)34(36(30)40-37(31)35)33-20-32(25(4)22-39(33)5)27-9-7-6-8-10-27/h6-18,20,22-23H,19H2,1-5H3/q+1. The molecule has 2 heterocycles. The minimum Gasteiger partial charge on any atom is -0.454 e. The smallest absolute Gasteiger partial charge is 0.216 e. The zero-order chi connectivity index (χ0) is 28.0. The van der Waals surface area contributed by atoms with E-state index in [2.05, 4.69) is 118 Å². The lowest BCUT2D eigenvalue weighted by Gasteiger charge is -2.10. The van der Waals surface area contributed by atoms with Gasteiger partial charge in [-0.05, 0) is 66.1 Å². The van der Waals surface area contributed by atoms with Crippen molar-refractivity contribution in [1.29, 1.82) is 5.26 Å². The first-order chi connectivity index (χ1) is 19.4. The second-order valence-corrected chi connectivity index (χ2v) is 11.2. The summed E-state index contributed by atoms with van der Waals surface area (Å²) in [5, 5.41) is 12.1. The molecule has 0 saturated carbocycles. The Balaban J connectivity index is 1.61. The third kappa shape index (κ3) is 4.36. The fraction of sp³-hybridized carbons (Fsp3) is 0.189. The zero-order valence-electron chi connectivity index (χ0n) is 23.7. The Morgan fingerprint density at radius 3 is 2.12 bits per heavy atom. The molecule has 0 aliphatic carbocycles. The molecule has 0 saturated heterocycles.